The molecule has 1 N–H and O–H groups in total. The standard InChI is InChI=1S/C11H15NS/c1-8-6-11(7-8)10-9(2-4-12-11)3-5-13-10/h3,5,8,12H,2,4,6-7H2,1H3. The second-order valence-corrected chi connectivity index (χ2v) is 5.46. The van der Waals surface area contributed by atoms with Crippen molar-refractivity contribution in [2.45, 2.75) is 31.7 Å². The van der Waals surface area contributed by atoms with Crippen molar-refractivity contribution in [3.8, 4) is 0 Å². The van der Waals surface area contributed by atoms with Crippen LogP contribution in [0.25, 0.3) is 0 Å². The van der Waals surface area contributed by atoms with Gasteiger partial charge in [-0.05, 0) is 42.2 Å². The smallest absolute Gasteiger partial charge is 0.0536 e. The Balaban J connectivity index is 2.01. The summed E-state index contributed by atoms with van der Waals surface area (Å²) in [5.41, 5.74) is 2.01. The quantitative estimate of drug-likeness (QED) is 0.667. The van der Waals surface area contributed by atoms with Gasteiger partial charge in [0.1, 0.15) is 0 Å². The molecule has 0 bridgehead atoms. The number of nitrogens with one attached hydrogen (secondary N) is 1. The molecule has 0 radical (unpaired) electrons. The molecule has 3 rings (SSSR count). The molecule has 1 aromatic rings. The molecular weight excluding hydrogens is 178 g/mol. The Hall–Kier alpha value is -0.340. The van der Waals surface area contributed by atoms with Crippen LogP contribution in [0.4, 0.5) is 0 Å². The summed E-state index contributed by atoms with van der Waals surface area (Å²) in [6.07, 6.45) is 3.93. The van der Waals surface area contributed by atoms with E-state index in [4.69, 9.17) is 0 Å². The predicted octanol–water partition coefficient (Wildman–Crippen LogP) is 2.52. The highest BCUT2D eigenvalue weighted by Crippen LogP contribution is 2.49. The molecule has 0 amide bonds. The summed E-state index contributed by atoms with van der Waals surface area (Å²) in [6.45, 7) is 3.53. The zero-order chi connectivity index (χ0) is 8.89. The van der Waals surface area contributed by atoms with E-state index in [9.17, 15) is 0 Å². The molecule has 13 heavy (non-hydrogen) atoms. The molecule has 1 spiro atoms. The Morgan fingerprint density at radius 1 is 1.54 bits per heavy atom. The fourth-order valence-corrected chi connectivity index (χ4v) is 4.08. The molecule has 1 aliphatic heterocycles. The molecule has 1 aliphatic carbocycles. The van der Waals surface area contributed by atoms with Gasteiger partial charge in [0.15, 0.2) is 0 Å². The average molecular weight is 193 g/mol. The lowest BCUT2D eigenvalue weighted by Crippen LogP contribution is -2.54. The molecule has 0 aromatic carbocycles. The lowest BCUT2D eigenvalue weighted by atomic mass is 9.66. The van der Waals surface area contributed by atoms with Crippen LogP contribution >= 0.6 is 11.3 Å². The molecule has 0 saturated heterocycles. The van der Waals surface area contributed by atoms with Crippen LogP contribution in [-0.4, -0.2) is 6.54 Å². The van der Waals surface area contributed by atoms with E-state index in [1.807, 2.05) is 11.3 Å². The summed E-state index contributed by atoms with van der Waals surface area (Å²) >= 11 is 1.95. The summed E-state index contributed by atoms with van der Waals surface area (Å²) in [5.74, 6) is 0.917. The minimum atomic E-state index is 0.404. The highest BCUT2D eigenvalue weighted by Gasteiger charge is 2.46. The third kappa shape index (κ3) is 1.02. The van der Waals surface area contributed by atoms with E-state index < -0.39 is 0 Å². The summed E-state index contributed by atoms with van der Waals surface area (Å²) in [6, 6.07) is 2.31. The maximum Gasteiger partial charge on any atom is 0.0536 e. The van der Waals surface area contributed by atoms with Gasteiger partial charge in [-0.1, -0.05) is 6.92 Å². The highest BCUT2D eigenvalue weighted by atomic mass is 32.1. The maximum atomic E-state index is 3.72. The molecule has 1 saturated carbocycles. The first-order valence-electron chi connectivity index (χ1n) is 5.12. The van der Waals surface area contributed by atoms with Crippen LogP contribution in [-0.2, 0) is 12.0 Å². The van der Waals surface area contributed by atoms with Gasteiger partial charge in [0.25, 0.3) is 0 Å². The van der Waals surface area contributed by atoms with Crippen LogP contribution in [0.2, 0.25) is 0 Å². The fourth-order valence-electron chi connectivity index (χ4n) is 2.93. The van der Waals surface area contributed by atoms with E-state index in [1.165, 1.54) is 25.8 Å². The van der Waals surface area contributed by atoms with Crippen LogP contribution in [0.1, 0.15) is 30.2 Å². The molecule has 2 aliphatic rings. The first-order valence-corrected chi connectivity index (χ1v) is 6.00. The minimum absolute atomic E-state index is 0.404. The second kappa shape index (κ2) is 2.58. The van der Waals surface area contributed by atoms with Gasteiger partial charge in [0.05, 0.1) is 5.54 Å². The number of fused-ring (bicyclic) bond motifs is 2. The molecule has 1 nitrogen and oxygen atoms in total. The summed E-state index contributed by atoms with van der Waals surface area (Å²) in [5, 5.41) is 5.97. The lowest BCUT2D eigenvalue weighted by Gasteiger charge is -2.49. The van der Waals surface area contributed by atoms with E-state index in [0.717, 1.165) is 5.92 Å². The molecule has 2 heteroatoms. The zero-order valence-electron chi connectivity index (χ0n) is 7.97. The van der Waals surface area contributed by atoms with Gasteiger partial charge in [0.2, 0.25) is 0 Å². The number of hydrogen-bond donors (Lipinski definition) is 1. The molecule has 1 fully saturated rings. The molecular formula is C11H15NS. The van der Waals surface area contributed by atoms with Crippen LogP contribution in [0, 0.1) is 5.92 Å². The number of hydrogen-bond acceptors (Lipinski definition) is 2. The van der Waals surface area contributed by atoms with E-state index in [1.54, 1.807) is 10.4 Å². The molecule has 70 valence electrons. The normalized spacial score (nSPS) is 37.2. The van der Waals surface area contributed by atoms with E-state index in [-0.39, 0.29) is 0 Å². The van der Waals surface area contributed by atoms with Crippen molar-refractivity contribution in [1.29, 1.82) is 0 Å². The summed E-state index contributed by atoms with van der Waals surface area (Å²) < 4.78 is 0. The first-order chi connectivity index (χ1) is 6.30. The van der Waals surface area contributed by atoms with Crippen molar-refractivity contribution in [1.82, 2.24) is 5.32 Å². The molecule has 0 unspecified atom stereocenters. The average Bonchev–Trinajstić information content (AvgIpc) is 2.50. The largest absolute Gasteiger partial charge is 0.306 e. The van der Waals surface area contributed by atoms with Crippen molar-refractivity contribution >= 4 is 11.3 Å². The third-order valence-electron chi connectivity index (χ3n) is 3.43. The maximum absolute atomic E-state index is 3.72. The SMILES string of the molecule is CC1CC2(C1)NCCc1ccsc12. The predicted molar refractivity (Wildman–Crippen MR) is 56.1 cm³/mol. The van der Waals surface area contributed by atoms with E-state index in [0.29, 0.717) is 5.54 Å². The van der Waals surface area contributed by atoms with Gasteiger partial charge in [-0.25, -0.2) is 0 Å². The van der Waals surface area contributed by atoms with Gasteiger partial charge in [-0.15, -0.1) is 11.3 Å². The van der Waals surface area contributed by atoms with Gasteiger partial charge < -0.3 is 5.32 Å². The molecule has 1 aromatic heterocycles. The molecule has 2 heterocycles. The summed E-state index contributed by atoms with van der Waals surface area (Å²) in [4.78, 5) is 1.64. The Kier molecular flexibility index (Phi) is 1.59. The van der Waals surface area contributed by atoms with Crippen LogP contribution in [0.3, 0.4) is 0 Å². The Morgan fingerprint density at radius 3 is 3.15 bits per heavy atom. The topological polar surface area (TPSA) is 12.0 Å². The van der Waals surface area contributed by atoms with Crippen molar-refractivity contribution in [3.63, 3.8) is 0 Å². The highest BCUT2D eigenvalue weighted by molar-refractivity contribution is 7.10. The van der Waals surface area contributed by atoms with Crippen molar-refractivity contribution in [3.05, 3.63) is 21.9 Å². The van der Waals surface area contributed by atoms with Crippen molar-refractivity contribution in [2.24, 2.45) is 5.92 Å². The van der Waals surface area contributed by atoms with E-state index >= 15 is 0 Å². The van der Waals surface area contributed by atoms with Crippen molar-refractivity contribution in [2.75, 3.05) is 6.54 Å². The number of rotatable bonds is 0. The molecule has 0 atom stereocenters. The third-order valence-corrected chi connectivity index (χ3v) is 4.59. The van der Waals surface area contributed by atoms with Gasteiger partial charge >= 0.3 is 0 Å². The second-order valence-electron chi connectivity index (χ2n) is 4.55. The van der Waals surface area contributed by atoms with Crippen LogP contribution in [0.15, 0.2) is 11.4 Å². The van der Waals surface area contributed by atoms with Gasteiger partial charge in [-0.3, -0.25) is 0 Å². The fraction of sp³-hybridized carbons (Fsp3) is 0.636. The lowest BCUT2D eigenvalue weighted by molar-refractivity contribution is 0.112. The minimum Gasteiger partial charge on any atom is -0.306 e. The Labute approximate surface area is 83.2 Å². The zero-order valence-corrected chi connectivity index (χ0v) is 8.79. The monoisotopic (exact) mass is 193 g/mol. The first kappa shape index (κ1) is 8.01. The van der Waals surface area contributed by atoms with Crippen molar-refractivity contribution < 1.29 is 0 Å². The Morgan fingerprint density at radius 2 is 2.38 bits per heavy atom. The summed E-state index contributed by atoms with van der Waals surface area (Å²) in [7, 11) is 0. The number of thiophene rings is 1. The van der Waals surface area contributed by atoms with Gasteiger partial charge in [0, 0.05) is 11.4 Å². The van der Waals surface area contributed by atoms with Crippen LogP contribution < -0.4 is 5.32 Å². The Bertz CT molecular complexity index is 323. The van der Waals surface area contributed by atoms with E-state index in [2.05, 4.69) is 23.7 Å². The van der Waals surface area contributed by atoms with Gasteiger partial charge in [-0.2, -0.15) is 0 Å². The van der Waals surface area contributed by atoms with Crippen LogP contribution in [0.5, 0.6) is 0 Å².